The zero-order chi connectivity index (χ0) is 36.7. The normalized spacial score (nSPS) is 31.5. The molecule has 6 atom stereocenters. The number of carbonyl (C=O) groups excluding carboxylic acids is 3. The van der Waals surface area contributed by atoms with Crippen molar-refractivity contribution in [1.29, 1.82) is 0 Å². The zero-order valence-electron chi connectivity index (χ0n) is 25.0. The minimum absolute atomic E-state index is 0.110. The molecule has 0 aliphatic heterocycles. The van der Waals surface area contributed by atoms with Crippen molar-refractivity contribution in [1.82, 2.24) is 0 Å². The van der Waals surface area contributed by atoms with Gasteiger partial charge in [0.05, 0.1) is 0 Å². The summed E-state index contributed by atoms with van der Waals surface area (Å²) in [6, 6.07) is 0. The van der Waals surface area contributed by atoms with E-state index in [1.54, 1.807) is 19.9 Å². The summed E-state index contributed by atoms with van der Waals surface area (Å²) in [6.07, 6.45) is -9.32. The maximum Gasteiger partial charge on any atom is 0.460 e. The lowest BCUT2D eigenvalue weighted by molar-refractivity contribution is -0.348. The van der Waals surface area contributed by atoms with Crippen molar-refractivity contribution in [2.75, 3.05) is 6.61 Å². The van der Waals surface area contributed by atoms with Crippen molar-refractivity contribution in [2.24, 2.45) is 34.5 Å². The molecule has 0 bridgehead atoms. The molecule has 0 N–H and O–H groups in total. The lowest BCUT2D eigenvalue weighted by Crippen LogP contribution is -2.57. The average molecular weight is 723 g/mol. The van der Waals surface area contributed by atoms with E-state index in [4.69, 9.17) is 0 Å². The predicted molar refractivity (Wildman–Crippen MR) is 133 cm³/mol. The molecular weight excluding hydrogens is 694 g/mol. The lowest BCUT2D eigenvalue weighted by Gasteiger charge is -2.56. The van der Waals surface area contributed by atoms with Crippen molar-refractivity contribution >= 4 is 17.7 Å². The van der Waals surface area contributed by atoms with Crippen molar-refractivity contribution in [3.05, 3.63) is 23.5 Å². The Labute approximate surface area is 263 Å². The summed E-state index contributed by atoms with van der Waals surface area (Å²) in [5.74, 6) is -35.2. The van der Waals surface area contributed by atoms with Gasteiger partial charge in [-0.2, -0.15) is 61.5 Å². The minimum Gasteiger partial charge on any atom is -0.453 e. The van der Waals surface area contributed by atoms with Crippen LogP contribution in [-0.2, 0) is 23.9 Å². The molecule has 48 heavy (non-hydrogen) atoms. The van der Waals surface area contributed by atoms with Gasteiger partial charge in [-0.3, -0.25) is 4.79 Å². The highest BCUT2D eigenvalue weighted by molar-refractivity contribution is 5.87. The number of rotatable bonds is 8. The molecule has 272 valence electrons. The summed E-state index contributed by atoms with van der Waals surface area (Å²) in [5.41, 5.74) is -1.09. The van der Waals surface area contributed by atoms with Crippen LogP contribution in [0.1, 0.15) is 58.8 Å². The van der Waals surface area contributed by atoms with Gasteiger partial charge < -0.3 is 9.47 Å². The van der Waals surface area contributed by atoms with E-state index >= 15 is 0 Å². The second-order valence-corrected chi connectivity index (χ2v) is 13.2. The molecular formula is C29H28F14O5. The zero-order valence-corrected chi connectivity index (χ0v) is 25.0. The number of carbonyl (C=O) groups is 3. The Bertz CT molecular complexity index is 1400. The van der Waals surface area contributed by atoms with Crippen LogP contribution in [0.2, 0.25) is 0 Å². The Hall–Kier alpha value is -2.89. The topological polar surface area (TPSA) is 69.7 Å². The van der Waals surface area contributed by atoms with Crippen LogP contribution in [-0.4, -0.2) is 60.4 Å². The van der Waals surface area contributed by atoms with E-state index in [1.807, 2.05) is 0 Å². The molecule has 0 heterocycles. The summed E-state index contributed by atoms with van der Waals surface area (Å²) < 4.78 is 191. The number of alkyl halides is 14. The van der Waals surface area contributed by atoms with E-state index < -0.39 is 82.9 Å². The van der Waals surface area contributed by atoms with Crippen LogP contribution in [0.5, 0.6) is 0 Å². The Morgan fingerprint density at radius 3 is 1.83 bits per heavy atom. The van der Waals surface area contributed by atoms with Gasteiger partial charge in [-0.1, -0.05) is 19.9 Å². The Balaban J connectivity index is 1.46. The number of allylic oxidation sites excluding steroid dienone is 4. The van der Waals surface area contributed by atoms with Gasteiger partial charge >= 0.3 is 48.0 Å². The molecule has 0 amide bonds. The maximum atomic E-state index is 13.8. The highest BCUT2D eigenvalue weighted by Gasteiger charge is 2.78. The Morgan fingerprint density at radius 1 is 0.750 bits per heavy atom. The third-order valence-electron chi connectivity index (χ3n) is 10.7. The first-order chi connectivity index (χ1) is 21.6. The second-order valence-electron chi connectivity index (χ2n) is 13.2. The van der Waals surface area contributed by atoms with E-state index in [2.05, 4.69) is 9.47 Å². The van der Waals surface area contributed by atoms with Crippen LogP contribution >= 0.6 is 0 Å². The average Bonchev–Trinajstić information content (AvgIpc) is 3.31. The quantitative estimate of drug-likeness (QED) is 0.186. The van der Waals surface area contributed by atoms with Crippen LogP contribution in [0, 0.1) is 34.5 Å². The summed E-state index contributed by atoms with van der Waals surface area (Å²) in [5, 5.41) is 0. The highest BCUT2D eigenvalue weighted by atomic mass is 19.4. The highest BCUT2D eigenvalue weighted by Crippen LogP contribution is 2.66. The monoisotopic (exact) mass is 722 g/mol. The van der Waals surface area contributed by atoms with Crippen molar-refractivity contribution in [3.8, 4) is 0 Å². The number of ether oxygens (including phenoxy) is 2. The fourth-order valence-corrected chi connectivity index (χ4v) is 8.03. The van der Waals surface area contributed by atoms with E-state index in [-0.39, 0.29) is 37.0 Å². The van der Waals surface area contributed by atoms with Crippen molar-refractivity contribution < 1.29 is 85.3 Å². The first-order valence-corrected chi connectivity index (χ1v) is 14.6. The first kappa shape index (κ1) is 37.9. The summed E-state index contributed by atoms with van der Waals surface area (Å²) in [4.78, 5) is 36.3. The smallest absolute Gasteiger partial charge is 0.453 e. The Kier molecular flexibility index (Phi) is 9.15. The van der Waals surface area contributed by atoms with Gasteiger partial charge in [0.1, 0.15) is 5.76 Å². The molecule has 0 spiro atoms. The van der Waals surface area contributed by atoms with Crippen molar-refractivity contribution in [3.63, 3.8) is 0 Å². The molecule has 0 aromatic carbocycles. The second kappa shape index (κ2) is 11.6. The van der Waals surface area contributed by atoms with Crippen LogP contribution in [0.25, 0.3) is 0 Å². The first-order valence-electron chi connectivity index (χ1n) is 14.6. The number of Topliss-reactive ketones (excluding diaryl/α,β-unsaturated/α-hetero) is 1. The SMILES string of the molecule is CC12CCC(OC(=O)C(F)(F)C(F)(F)C(F)(F)F)=CC1=CCC1C2CCC2(C)C(C(=O)COC(=O)C(F)(F)C(F)(F)C(F)(F)F)CCC12. The van der Waals surface area contributed by atoms with Gasteiger partial charge in [0.15, 0.2) is 12.4 Å². The fraction of sp³-hybridized carbons (Fsp3) is 0.759. The fourth-order valence-electron chi connectivity index (χ4n) is 8.03. The van der Waals surface area contributed by atoms with Gasteiger partial charge in [0.2, 0.25) is 0 Å². The van der Waals surface area contributed by atoms with E-state index in [0.29, 0.717) is 31.3 Å². The van der Waals surface area contributed by atoms with Gasteiger partial charge in [-0.05, 0) is 78.8 Å². The molecule has 5 nitrogen and oxygen atoms in total. The maximum absolute atomic E-state index is 13.8. The third-order valence-corrected chi connectivity index (χ3v) is 10.7. The molecule has 2 saturated carbocycles. The molecule has 0 radical (unpaired) electrons. The largest absolute Gasteiger partial charge is 0.460 e. The summed E-state index contributed by atoms with van der Waals surface area (Å²) in [6.45, 7) is 2.05. The number of ketones is 1. The van der Waals surface area contributed by atoms with E-state index in [9.17, 15) is 75.8 Å². The van der Waals surface area contributed by atoms with Gasteiger partial charge in [-0.25, -0.2) is 9.59 Å². The predicted octanol–water partition coefficient (Wildman–Crippen LogP) is 8.38. The van der Waals surface area contributed by atoms with Crippen LogP contribution in [0.4, 0.5) is 61.5 Å². The van der Waals surface area contributed by atoms with E-state index in [1.165, 1.54) is 0 Å². The molecule has 2 fully saturated rings. The van der Waals surface area contributed by atoms with E-state index in [0.717, 1.165) is 6.08 Å². The minimum atomic E-state index is -6.78. The summed E-state index contributed by atoms with van der Waals surface area (Å²) in [7, 11) is 0. The Morgan fingerprint density at radius 2 is 1.29 bits per heavy atom. The molecule has 0 saturated heterocycles. The third kappa shape index (κ3) is 5.67. The number of halogens is 14. The summed E-state index contributed by atoms with van der Waals surface area (Å²) >= 11 is 0. The molecule has 4 rings (SSSR count). The van der Waals surface area contributed by atoms with Crippen LogP contribution in [0.15, 0.2) is 23.5 Å². The number of fused-ring (bicyclic) bond motifs is 5. The standard InChI is InChI=1S/C29H28F14O5/c1-22-9-7-14(48-21(46)25(32,33)27(36,37)29(41,42)43)11-13(22)3-4-15-16-5-6-18(23(16,2)10-8-17(15)22)19(44)12-47-20(45)24(30,31)26(34,35)28(38,39)40/h3,11,15-18H,4-10,12H2,1-2H3. The number of esters is 2. The number of hydrogen-bond acceptors (Lipinski definition) is 5. The molecule has 0 aromatic heterocycles. The van der Waals surface area contributed by atoms with Crippen molar-refractivity contribution in [2.45, 2.75) is 94.8 Å². The lowest BCUT2D eigenvalue weighted by atomic mass is 9.48. The van der Waals surface area contributed by atoms with Gasteiger partial charge in [0, 0.05) is 12.3 Å². The number of hydrogen-bond donors (Lipinski definition) is 0. The van der Waals surface area contributed by atoms with Gasteiger partial charge in [-0.15, -0.1) is 0 Å². The van der Waals surface area contributed by atoms with Crippen LogP contribution < -0.4 is 0 Å². The molecule has 4 aliphatic carbocycles. The molecule has 4 aliphatic rings. The van der Waals surface area contributed by atoms with Crippen LogP contribution in [0.3, 0.4) is 0 Å². The van der Waals surface area contributed by atoms with Gasteiger partial charge in [0.25, 0.3) is 0 Å². The molecule has 6 unspecified atom stereocenters. The molecule has 0 aromatic rings. The molecule has 19 heteroatoms.